The van der Waals surface area contributed by atoms with Crippen LogP contribution in [0.15, 0.2) is 24.3 Å². The Morgan fingerprint density at radius 1 is 1.26 bits per heavy atom. The highest BCUT2D eigenvalue weighted by atomic mass is 16.5. The van der Waals surface area contributed by atoms with E-state index in [0.29, 0.717) is 30.9 Å². The molecule has 1 fully saturated rings. The number of hydrogen-bond acceptors (Lipinski definition) is 3. The number of ether oxygens (including phenoxy) is 1. The SMILES string of the molecule is CCOc1ccc(CC(=O)N2C[C@@H](N(C)C)[C@H](C(C)C)C2)cc1. The minimum absolute atomic E-state index is 0.226. The first-order valence-electron chi connectivity index (χ1n) is 8.58. The quantitative estimate of drug-likeness (QED) is 0.808. The highest BCUT2D eigenvalue weighted by Crippen LogP contribution is 2.27. The molecular formula is C19H30N2O2. The van der Waals surface area contributed by atoms with Gasteiger partial charge in [0.25, 0.3) is 0 Å². The molecule has 0 N–H and O–H groups in total. The van der Waals surface area contributed by atoms with Crippen LogP contribution in [0.1, 0.15) is 26.3 Å². The Bertz CT molecular complexity index is 495. The van der Waals surface area contributed by atoms with Gasteiger partial charge in [-0.05, 0) is 50.6 Å². The van der Waals surface area contributed by atoms with Crippen LogP contribution in [0, 0.1) is 11.8 Å². The number of benzene rings is 1. The van der Waals surface area contributed by atoms with E-state index >= 15 is 0 Å². The predicted octanol–water partition coefficient (Wildman–Crippen LogP) is 2.67. The molecule has 0 bridgehead atoms. The molecule has 1 saturated heterocycles. The van der Waals surface area contributed by atoms with Crippen LogP contribution in [0.2, 0.25) is 0 Å². The van der Waals surface area contributed by atoms with Crippen molar-refractivity contribution in [1.82, 2.24) is 9.80 Å². The van der Waals surface area contributed by atoms with Gasteiger partial charge in [0.2, 0.25) is 5.91 Å². The van der Waals surface area contributed by atoms with Crippen LogP contribution < -0.4 is 4.74 Å². The largest absolute Gasteiger partial charge is 0.494 e. The fourth-order valence-electron chi connectivity index (χ4n) is 3.37. The summed E-state index contributed by atoms with van der Waals surface area (Å²) in [6.45, 7) is 8.84. The van der Waals surface area contributed by atoms with Gasteiger partial charge in [-0.3, -0.25) is 4.79 Å². The molecule has 1 aliphatic rings. The van der Waals surface area contributed by atoms with Crippen LogP contribution >= 0.6 is 0 Å². The van der Waals surface area contributed by atoms with Gasteiger partial charge >= 0.3 is 0 Å². The zero-order valence-electron chi connectivity index (χ0n) is 15.1. The number of carbonyl (C=O) groups excluding carboxylic acids is 1. The molecule has 2 rings (SSSR count). The highest BCUT2D eigenvalue weighted by molar-refractivity contribution is 5.79. The fourth-order valence-corrected chi connectivity index (χ4v) is 3.37. The summed E-state index contributed by atoms with van der Waals surface area (Å²) in [4.78, 5) is 16.9. The molecule has 23 heavy (non-hydrogen) atoms. The number of hydrogen-bond donors (Lipinski definition) is 0. The third-order valence-corrected chi connectivity index (χ3v) is 4.79. The van der Waals surface area contributed by atoms with Crippen molar-refractivity contribution in [2.75, 3.05) is 33.8 Å². The highest BCUT2D eigenvalue weighted by Gasteiger charge is 2.37. The van der Waals surface area contributed by atoms with E-state index in [2.05, 4.69) is 32.8 Å². The van der Waals surface area contributed by atoms with Gasteiger partial charge in [0.15, 0.2) is 0 Å². The smallest absolute Gasteiger partial charge is 0.227 e. The number of likely N-dealkylation sites (tertiary alicyclic amines) is 1. The third-order valence-electron chi connectivity index (χ3n) is 4.79. The second kappa shape index (κ2) is 7.82. The first-order chi connectivity index (χ1) is 10.9. The van der Waals surface area contributed by atoms with Crippen LogP contribution in [0.5, 0.6) is 5.75 Å². The lowest BCUT2D eigenvalue weighted by Gasteiger charge is -2.27. The van der Waals surface area contributed by atoms with Crippen LogP contribution in [-0.2, 0) is 11.2 Å². The van der Waals surface area contributed by atoms with Gasteiger partial charge < -0.3 is 14.5 Å². The Kier molecular flexibility index (Phi) is 6.05. The van der Waals surface area contributed by atoms with Gasteiger partial charge in [-0.25, -0.2) is 0 Å². The molecule has 1 aromatic carbocycles. The summed E-state index contributed by atoms with van der Waals surface area (Å²) in [7, 11) is 4.22. The van der Waals surface area contributed by atoms with Crippen LogP contribution in [-0.4, -0.2) is 55.5 Å². The molecule has 2 atom stereocenters. The standard InChI is InChI=1S/C19H30N2O2/c1-6-23-16-9-7-15(8-10-16)11-19(22)21-12-17(14(2)3)18(13-21)20(4)5/h7-10,14,17-18H,6,11-13H2,1-5H3/t17-,18+/m0/s1. The fraction of sp³-hybridized carbons (Fsp3) is 0.632. The van der Waals surface area contributed by atoms with E-state index in [1.807, 2.05) is 36.1 Å². The molecule has 0 saturated carbocycles. The number of likely N-dealkylation sites (N-methyl/N-ethyl adjacent to an activating group) is 1. The second-order valence-corrected chi connectivity index (χ2v) is 6.99. The number of nitrogens with zero attached hydrogens (tertiary/aromatic N) is 2. The lowest BCUT2D eigenvalue weighted by Crippen LogP contribution is -2.37. The molecule has 0 radical (unpaired) electrons. The van der Waals surface area contributed by atoms with E-state index in [4.69, 9.17) is 4.74 Å². The Morgan fingerprint density at radius 2 is 1.91 bits per heavy atom. The van der Waals surface area contributed by atoms with Crippen molar-refractivity contribution < 1.29 is 9.53 Å². The van der Waals surface area contributed by atoms with E-state index in [0.717, 1.165) is 24.4 Å². The summed E-state index contributed by atoms with van der Waals surface area (Å²) in [5.74, 6) is 2.22. The molecule has 0 unspecified atom stereocenters. The van der Waals surface area contributed by atoms with E-state index in [-0.39, 0.29) is 5.91 Å². The van der Waals surface area contributed by atoms with E-state index in [1.54, 1.807) is 0 Å². The summed E-state index contributed by atoms with van der Waals surface area (Å²) in [6.07, 6.45) is 0.470. The monoisotopic (exact) mass is 318 g/mol. The molecule has 1 aromatic rings. The normalized spacial score (nSPS) is 21.3. The Hall–Kier alpha value is -1.55. The molecule has 4 heteroatoms. The van der Waals surface area contributed by atoms with Gasteiger partial charge in [-0.1, -0.05) is 26.0 Å². The van der Waals surface area contributed by atoms with Gasteiger partial charge in [0.05, 0.1) is 13.0 Å². The second-order valence-electron chi connectivity index (χ2n) is 6.99. The average Bonchev–Trinajstić information content (AvgIpc) is 2.95. The molecule has 128 valence electrons. The minimum atomic E-state index is 0.226. The van der Waals surface area contributed by atoms with Crippen molar-refractivity contribution in [1.29, 1.82) is 0 Å². The van der Waals surface area contributed by atoms with Crippen LogP contribution in [0.25, 0.3) is 0 Å². The van der Waals surface area contributed by atoms with E-state index in [9.17, 15) is 4.79 Å². The molecule has 1 heterocycles. The first-order valence-corrected chi connectivity index (χ1v) is 8.58. The molecule has 4 nitrogen and oxygen atoms in total. The van der Waals surface area contributed by atoms with Crippen LogP contribution in [0.4, 0.5) is 0 Å². The first kappa shape index (κ1) is 17.8. The number of amides is 1. The zero-order valence-corrected chi connectivity index (χ0v) is 15.1. The van der Waals surface area contributed by atoms with Crippen molar-refractivity contribution in [2.45, 2.75) is 33.2 Å². The van der Waals surface area contributed by atoms with E-state index in [1.165, 1.54) is 0 Å². The topological polar surface area (TPSA) is 32.8 Å². The molecule has 1 aliphatic heterocycles. The summed E-state index contributed by atoms with van der Waals surface area (Å²) >= 11 is 0. The van der Waals surface area contributed by atoms with Crippen molar-refractivity contribution >= 4 is 5.91 Å². The summed E-state index contributed by atoms with van der Waals surface area (Å²) < 4.78 is 5.45. The maximum atomic E-state index is 12.6. The Balaban J connectivity index is 1.98. The van der Waals surface area contributed by atoms with E-state index < -0.39 is 0 Å². The molecule has 1 amide bonds. The van der Waals surface area contributed by atoms with Gasteiger partial charge in [0, 0.05) is 19.1 Å². The number of rotatable bonds is 6. The Labute approximate surface area is 140 Å². The molecule has 0 spiro atoms. The lowest BCUT2D eigenvalue weighted by atomic mass is 9.91. The summed E-state index contributed by atoms with van der Waals surface area (Å²) in [5.41, 5.74) is 1.05. The Morgan fingerprint density at radius 3 is 2.39 bits per heavy atom. The maximum absolute atomic E-state index is 12.6. The van der Waals surface area contributed by atoms with Crippen molar-refractivity contribution in [3.63, 3.8) is 0 Å². The summed E-state index contributed by atoms with van der Waals surface area (Å²) in [6, 6.07) is 8.31. The maximum Gasteiger partial charge on any atom is 0.227 e. The molecule has 0 aliphatic carbocycles. The summed E-state index contributed by atoms with van der Waals surface area (Å²) in [5, 5.41) is 0. The predicted molar refractivity (Wildman–Crippen MR) is 93.7 cm³/mol. The lowest BCUT2D eigenvalue weighted by molar-refractivity contribution is -0.129. The van der Waals surface area contributed by atoms with Gasteiger partial charge in [0.1, 0.15) is 5.75 Å². The van der Waals surface area contributed by atoms with Crippen molar-refractivity contribution in [3.8, 4) is 5.75 Å². The van der Waals surface area contributed by atoms with Crippen LogP contribution in [0.3, 0.4) is 0 Å². The zero-order chi connectivity index (χ0) is 17.0. The minimum Gasteiger partial charge on any atom is -0.494 e. The number of carbonyl (C=O) groups is 1. The third kappa shape index (κ3) is 4.47. The molecular weight excluding hydrogens is 288 g/mol. The van der Waals surface area contributed by atoms with Crippen molar-refractivity contribution in [3.05, 3.63) is 29.8 Å². The van der Waals surface area contributed by atoms with Crippen molar-refractivity contribution in [2.24, 2.45) is 11.8 Å². The molecule has 0 aromatic heterocycles. The van der Waals surface area contributed by atoms with Gasteiger partial charge in [-0.15, -0.1) is 0 Å². The van der Waals surface area contributed by atoms with Gasteiger partial charge in [-0.2, -0.15) is 0 Å². The average molecular weight is 318 g/mol.